The molecule has 2 rings (SSSR count). The van der Waals surface area contributed by atoms with Crippen molar-refractivity contribution in [3.8, 4) is 0 Å². The second-order valence-corrected chi connectivity index (χ2v) is 6.56. The van der Waals surface area contributed by atoms with Crippen LogP contribution in [-0.4, -0.2) is 6.04 Å². The molecule has 1 N–H and O–H groups in total. The Kier molecular flexibility index (Phi) is 5.14. The Labute approximate surface area is 120 Å². The maximum atomic E-state index is 13.2. The first-order chi connectivity index (χ1) is 9.47. The van der Waals surface area contributed by atoms with E-state index in [9.17, 15) is 8.78 Å². The van der Waals surface area contributed by atoms with Gasteiger partial charge in [-0.15, -0.1) is 0 Å². The molecule has 1 aromatic carbocycles. The van der Waals surface area contributed by atoms with Gasteiger partial charge in [-0.1, -0.05) is 33.3 Å². The van der Waals surface area contributed by atoms with Gasteiger partial charge in [-0.2, -0.15) is 0 Å². The predicted molar refractivity (Wildman–Crippen MR) is 78.3 cm³/mol. The third-order valence-electron chi connectivity index (χ3n) is 4.57. The lowest BCUT2D eigenvalue weighted by Gasteiger charge is -2.38. The van der Waals surface area contributed by atoms with Crippen LogP contribution in [0.3, 0.4) is 0 Å². The third kappa shape index (κ3) is 3.78. The zero-order valence-electron chi connectivity index (χ0n) is 12.6. The lowest BCUT2D eigenvalue weighted by Crippen LogP contribution is -2.42. The van der Waals surface area contributed by atoms with Crippen LogP contribution in [0.15, 0.2) is 18.2 Å². The quantitative estimate of drug-likeness (QED) is 0.856. The molecule has 0 heterocycles. The molecule has 0 aliphatic heterocycles. The van der Waals surface area contributed by atoms with Crippen LogP contribution in [0.25, 0.3) is 0 Å². The minimum absolute atomic E-state index is 0.479. The monoisotopic (exact) mass is 281 g/mol. The molecule has 112 valence electrons. The molecule has 1 aliphatic rings. The molecule has 3 unspecified atom stereocenters. The molecule has 0 radical (unpaired) electrons. The van der Waals surface area contributed by atoms with Crippen molar-refractivity contribution >= 4 is 0 Å². The second kappa shape index (κ2) is 6.66. The first-order valence-corrected chi connectivity index (χ1v) is 7.64. The van der Waals surface area contributed by atoms with Crippen LogP contribution >= 0.6 is 0 Å². The van der Waals surface area contributed by atoms with Crippen LogP contribution < -0.4 is 5.32 Å². The highest BCUT2D eigenvalue weighted by Gasteiger charge is 2.30. The van der Waals surface area contributed by atoms with Crippen molar-refractivity contribution < 1.29 is 8.78 Å². The van der Waals surface area contributed by atoms with Crippen molar-refractivity contribution in [3.63, 3.8) is 0 Å². The summed E-state index contributed by atoms with van der Waals surface area (Å²) in [6, 6.07) is 4.63. The van der Waals surface area contributed by atoms with Gasteiger partial charge in [-0.25, -0.2) is 8.78 Å². The number of rotatable bonds is 4. The van der Waals surface area contributed by atoms with Gasteiger partial charge in [0, 0.05) is 12.6 Å². The van der Waals surface area contributed by atoms with Crippen molar-refractivity contribution in [2.75, 3.05) is 0 Å². The Bertz CT molecular complexity index is 445. The van der Waals surface area contributed by atoms with Gasteiger partial charge in [-0.3, -0.25) is 0 Å². The highest BCUT2D eigenvalue weighted by atomic mass is 19.2. The van der Waals surface area contributed by atoms with Crippen molar-refractivity contribution in [2.45, 2.75) is 52.6 Å². The minimum Gasteiger partial charge on any atom is -0.310 e. The van der Waals surface area contributed by atoms with E-state index in [1.807, 2.05) is 0 Å². The molecular weight excluding hydrogens is 256 g/mol. The predicted octanol–water partition coefficient (Wildman–Crippen LogP) is 4.52. The highest BCUT2D eigenvalue weighted by molar-refractivity contribution is 5.17. The van der Waals surface area contributed by atoms with Gasteiger partial charge in [0.2, 0.25) is 0 Å². The molecule has 1 nitrogen and oxygen atoms in total. The summed E-state index contributed by atoms with van der Waals surface area (Å²) < 4.78 is 26.1. The third-order valence-corrected chi connectivity index (χ3v) is 4.57. The molecule has 1 aliphatic carbocycles. The molecule has 1 fully saturated rings. The van der Waals surface area contributed by atoms with Gasteiger partial charge >= 0.3 is 0 Å². The van der Waals surface area contributed by atoms with Crippen molar-refractivity contribution in [2.24, 2.45) is 17.8 Å². The summed E-state index contributed by atoms with van der Waals surface area (Å²) in [5.41, 5.74) is 0.810. The van der Waals surface area contributed by atoms with Gasteiger partial charge in [0.15, 0.2) is 11.6 Å². The van der Waals surface area contributed by atoms with Crippen molar-refractivity contribution in [3.05, 3.63) is 35.4 Å². The van der Waals surface area contributed by atoms with Crippen LogP contribution in [0.1, 0.15) is 45.6 Å². The van der Waals surface area contributed by atoms with E-state index in [4.69, 9.17) is 0 Å². The molecule has 0 aromatic heterocycles. The second-order valence-electron chi connectivity index (χ2n) is 6.56. The van der Waals surface area contributed by atoms with E-state index in [-0.39, 0.29) is 0 Å². The number of benzene rings is 1. The van der Waals surface area contributed by atoms with E-state index < -0.39 is 11.6 Å². The molecule has 0 spiro atoms. The van der Waals surface area contributed by atoms with Gasteiger partial charge in [-0.05, 0) is 48.3 Å². The number of halogens is 2. The molecule has 3 heteroatoms. The van der Waals surface area contributed by atoms with Crippen LogP contribution in [0, 0.1) is 29.4 Å². The van der Waals surface area contributed by atoms with Gasteiger partial charge in [0.25, 0.3) is 0 Å². The van der Waals surface area contributed by atoms with Crippen molar-refractivity contribution in [1.29, 1.82) is 0 Å². The Morgan fingerprint density at radius 1 is 1.20 bits per heavy atom. The summed E-state index contributed by atoms with van der Waals surface area (Å²) in [7, 11) is 0. The Hall–Kier alpha value is -0.960. The number of hydrogen-bond acceptors (Lipinski definition) is 1. The lowest BCUT2D eigenvalue weighted by molar-refractivity contribution is 0.169. The zero-order chi connectivity index (χ0) is 14.7. The first-order valence-electron chi connectivity index (χ1n) is 7.64. The van der Waals surface area contributed by atoms with Crippen LogP contribution in [0.5, 0.6) is 0 Å². The molecule has 0 saturated heterocycles. The number of nitrogens with one attached hydrogen (secondary N) is 1. The minimum atomic E-state index is -0.778. The zero-order valence-corrected chi connectivity index (χ0v) is 12.6. The van der Waals surface area contributed by atoms with Crippen LogP contribution in [0.4, 0.5) is 8.78 Å². The Balaban J connectivity index is 1.98. The molecule has 0 amide bonds. The van der Waals surface area contributed by atoms with E-state index in [0.29, 0.717) is 24.4 Å². The first kappa shape index (κ1) is 15.4. The Morgan fingerprint density at radius 2 is 1.95 bits per heavy atom. The smallest absolute Gasteiger partial charge is 0.159 e. The standard InChI is InChI=1S/C17H25F2N/c1-11(2)14-6-4-12(3)8-17(14)20-10-13-5-7-15(18)16(19)9-13/h5,7,9,11-12,14,17,20H,4,6,8,10H2,1-3H3. The Morgan fingerprint density at radius 3 is 2.60 bits per heavy atom. The van der Waals surface area contributed by atoms with Gasteiger partial charge in [0.05, 0.1) is 0 Å². The van der Waals surface area contributed by atoms with E-state index >= 15 is 0 Å². The van der Waals surface area contributed by atoms with E-state index in [1.165, 1.54) is 31.4 Å². The van der Waals surface area contributed by atoms with Crippen molar-refractivity contribution in [1.82, 2.24) is 5.32 Å². The molecule has 0 bridgehead atoms. The summed E-state index contributed by atoms with van der Waals surface area (Å²) in [5, 5.41) is 3.56. The van der Waals surface area contributed by atoms with Gasteiger partial charge in [0.1, 0.15) is 0 Å². The summed E-state index contributed by atoms with van der Waals surface area (Å²) >= 11 is 0. The average molecular weight is 281 g/mol. The van der Waals surface area contributed by atoms with E-state index in [0.717, 1.165) is 11.5 Å². The fourth-order valence-electron chi connectivity index (χ4n) is 3.34. The summed E-state index contributed by atoms with van der Waals surface area (Å²) in [4.78, 5) is 0. The largest absolute Gasteiger partial charge is 0.310 e. The van der Waals surface area contributed by atoms with Crippen LogP contribution in [-0.2, 0) is 6.54 Å². The maximum absolute atomic E-state index is 13.2. The maximum Gasteiger partial charge on any atom is 0.159 e. The fourth-order valence-corrected chi connectivity index (χ4v) is 3.34. The highest BCUT2D eigenvalue weighted by Crippen LogP contribution is 2.33. The van der Waals surface area contributed by atoms with Crippen LogP contribution in [0.2, 0.25) is 0 Å². The number of hydrogen-bond donors (Lipinski definition) is 1. The molecular formula is C17H25F2N. The summed E-state index contributed by atoms with van der Waals surface area (Å²) in [6.45, 7) is 7.44. The summed E-state index contributed by atoms with van der Waals surface area (Å²) in [5.74, 6) is 0.538. The molecule has 20 heavy (non-hydrogen) atoms. The topological polar surface area (TPSA) is 12.0 Å². The van der Waals surface area contributed by atoms with E-state index in [2.05, 4.69) is 26.1 Å². The van der Waals surface area contributed by atoms with Gasteiger partial charge < -0.3 is 5.32 Å². The normalized spacial score (nSPS) is 27.0. The van der Waals surface area contributed by atoms with E-state index in [1.54, 1.807) is 6.07 Å². The molecule has 1 saturated carbocycles. The molecule has 3 atom stereocenters. The fraction of sp³-hybridized carbons (Fsp3) is 0.647. The SMILES string of the molecule is CC1CCC(C(C)C)C(NCc2ccc(F)c(F)c2)C1. The summed E-state index contributed by atoms with van der Waals surface area (Å²) in [6.07, 6.45) is 3.73. The average Bonchev–Trinajstić information content (AvgIpc) is 2.40. The molecule has 1 aromatic rings. The lowest BCUT2D eigenvalue weighted by atomic mass is 9.74.